The summed E-state index contributed by atoms with van der Waals surface area (Å²) in [5.41, 5.74) is 0.788. The first-order valence-corrected chi connectivity index (χ1v) is 6.64. The molecular weight excluding hydrogens is 231 g/mol. The van der Waals surface area contributed by atoms with Gasteiger partial charge in [0.05, 0.1) is 6.20 Å². The molecule has 0 aromatic carbocycles. The van der Waals surface area contributed by atoms with E-state index >= 15 is 0 Å². The minimum absolute atomic E-state index is 0.231. The van der Waals surface area contributed by atoms with Gasteiger partial charge in [0, 0.05) is 12.1 Å². The van der Waals surface area contributed by atoms with Gasteiger partial charge in [0.15, 0.2) is 0 Å². The van der Waals surface area contributed by atoms with Crippen LogP contribution in [0.15, 0.2) is 12.3 Å². The van der Waals surface area contributed by atoms with Gasteiger partial charge in [-0.05, 0) is 44.7 Å². The fraction of sp³-hybridized carbons (Fsp3) is 0.643. The van der Waals surface area contributed by atoms with E-state index in [1.54, 1.807) is 0 Å². The third-order valence-electron chi connectivity index (χ3n) is 3.50. The van der Waals surface area contributed by atoms with Crippen LogP contribution in [0.1, 0.15) is 38.2 Å². The van der Waals surface area contributed by atoms with Crippen LogP contribution in [0.5, 0.6) is 5.88 Å². The smallest absolute Gasteiger partial charge is 0.218 e. The van der Waals surface area contributed by atoms with E-state index < -0.39 is 0 Å². The van der Waals surface area contributed by atoms with Crippen LogP contribution in [-0.4, -0.2) is 18.1 Å². The number of hydrogen-bond acceptors (Lipinski definition) is 3. The Labute approximate surface area is 108 Å². The van der Waals surface area contributed by atoms with Gasteiger partial charge in [-0.1, -0.05) is 6.92 Å². The molecule has 3 nitrogen and oxygen atoms in total. The molecule has 0 atom stereocenters. The largest absolute Gasteiger partial charge is 0.474 e. The number of pyridine rings is 1. The molecule has 1 fully saturated rings. The highest BCUT2D eigenvalue weighted by atomic mass is 19.1. The van der Waals surface area contributed by atoms with Crippen LogP contribution in [0.3, 0.4) is 0 Å². The Morgan fingerprint density at radius 2 is 2.11 bits per heavy atom. The molecule has 1 aromatic rings. The van der Waals surface area contributed by atoms with Crippen LogP contribution in [0, 0.1) is 11.7 Å². The Bertz CT molecular complexity index is 389. The Kier molecular flexibility index (Phi) is 4.53. The zero-order valence-electron chi connectivity index (χ0n) is 11.1. The van der Waals surface area contributed by atoms with Crippen molar-refractivity contribution < 1.29 is 9.13 Å². The molecule has 0 radical (unpaired) electrons. The Balaban J connectivity index is 2.03. The average molecular weight is 252 g/mol. The summed E-state index contributed by atoms with van der Waals surface area (Å²) in [5, 5.41) is 3.01. The van der Waals surface area contributed by atoms with Crippen molar-refractivity contribution >= 4 is 0 Å². The standard InChI is InChI=1S/C14H21FN2O/c1-10-3-5-13(6-4-10)18-14-11(8-16-2)7-12(15)9-17-14/h7,9-10,13,16H,3-6,8H2,1-2H3. The number of rotatable bonds is 4. The van der Waals surface area contributed by atoms with E-state index in [9.17, 15) is 4.39 Å². The van der Waals surface area contributed by atoms with Gasteiger partial charge in [-0.15, -0.1) is 0 Å². The second-order valence-corrected chi connectivity index (χ2v) is 5.15. The van der Waals surface area contributed by atoms with Gasteiger partial charge in [-0.2, -0.15) is 0 Å². The zero-order valence-corrected chi connectivity index (χ0v) is 11.1. The topological polar surface area (TPSA) is 34.2 Å². The summed E-state index contributed by atoms with van der Waals surface area (Å²) in [4.78, 5) is 4.07. The highest BCUT2D eigenvalue weighted by molar-refractivity contribution is 5.26. The minimum Gasteiger partial charge on any atom is -0.474 e. The van der Waals surface area contributed by atoms with Gasteiger partial charge in [0.25, 0.3) is 0 Å². The van der Waals surface area contributed by atoms with Gasteiger partial charge in [0.1, 0.15) is 11.9 Å². The summed E-state index contributed by atoms with van der Waals surface area (Å²) in [7, 11) is 1.83. The lowest BCUT2D eigenvalue weighted by Crippen LogP contribution is -2.24. The predicted octanol–water partition coefficient (Wildman–Crippen LogP) is 2.90. The first-order chi connectivity index (χ1) is 8.69. The molecule has 100 valence electrons. The maximum atomic E-state index is 13.2. The van der Waals surface area contributed by atoms with Crippen molar-refractivity contribution in [2.45, 2.75) is 45.3 Å². The van der Waals surface area contributed by atoms with Gasteiger partial charge in [0.2, 0.25) is 5.88 Å². The fourth-order valence-electron chi connectivity index (χ4n) is 2.40. The fourth-order valence-corrected chi connectivity index (χ4v) is 2.40. The number of nitrogens with one attached hydrogen (secondary N) is 1. The van der Waals surface area contributed by atoms with Crippen molar-refractivity contribution in [2.75, 3.05) is 7.05 Å². The molecule has 0 spiro atoms. The Morgan fingerprint density at radius 3 is 2.78 bits per heavy atom. The van der Waals surface area contributed by atoms with Crippen LogP contribution < -0.4 is 10.1 Å². The molecule has 0 aliphatic heterocycles. The molecule has 4 heteroatoms. The van der Waals surface area contributed by atoms with Crippen LogP contribution in [0.2, 0.25) is 0 Å². The van der Waals surface area contributed by atoms with E-state index in [-0.39, 0.29) is 11.9 Å². The lowest BCUT2D eigenvalue weighted by Gasteiger charge is -2.27. The molecule has 0 amide bonds. The minimum atomic E-state index is -0.315. The third-order valence-corrected chi connectivity index (χ3v) is 3.50. The normalized spacial score (nSPS) is 23.9. The number of hydrogen-bond donors (Lipinski definition) is 1. The number of aromatic nitrogens is 1. The molecule has 1 aromatic heterocycles. The second kappa shape index (κ2) is 6.14. The lowest BCUT2D eigenvalue weighted by molar-refractivity contribution is 0.128. The number of halogens is 1. The van der Waals surface area contributed by atoms with E-state index in [0.29, 0.717) is 12.4 Å². The molecular formula is C14H21FN2O. The summed E-state index contributed by atoms with van der Waals surface area (Å²) >= 11 is 0. The summed E-state index contributed by atoms with van der Waals surface area (Å²) in [6, 6.07) is 1.49. The maximum Gasteiger partial charge on any atom is 0.218 e. The lowest BCUT2D eigenvalue weighted by atomic mass is 9.89. The highest BCUT2D eigenvalue weighted by Crippen LogP contribution is 2.27. The van der Waals surface area contributed by atoms with Crippen molar-refractivity contribution in [3.63, 3.8) is 0 Å². The summed E-state index contributed by atoms with van der Waals surface area (Å²) in [5.74, 6) is 1.05. The van der Waals surface area contributed by atoms with Crippen molar-refractivity contribution in [2.24, 2.45) is 5.92 Å². The van der Waals surface area contributed by atoms with Gasteiger partial charge < -0.3 is 10.1 Å². The molecule has 1 aliphatic carbocycles. The van der Waals surface area contributed by atoms with Crippen LogP contribution >= 0.6 is 0 Å². The summed E-state index contributed by atoms with van der Waals surface area (Å²) in [6.07, 6.45) is 5.99. The molecule has 1 saturated carbocycles. The van der Waals surface area contributed by atoms with E-state index in [2.05, 4.69) is 17.2 Å². The highest BCUT2D eigenvalue weighted by Gasteiger charge is 2.21. The second-order valence-electron chi connectivity index (χ2n) is 5.15. The first kappa shape index (κ1) is 13.3. The Morgan fingerprint density at radius 1 is 1.39 bits per heavy atom. The van der Waals surface area contributed by atoms with Crippen molar-refractivity contribution in [3.05, 3.63) is 23.6 Å². The molecule has 1 aliphatic rings. The van der Waals surface area contributed by atoms with Crippen molar-refractivity contribution in [1.82, 2.24) is 10.3 Å². The number of nitrogens with zero attached hydrogens (tertiary/aromatic N) is 1. The van der Waals surface area contributed by atoms with Crippen LogP contribution in [0.25, 0.3) is 0 Å². The summed E-state index contributed by atoms with van der Waals surface area (Å²) < 4.78 is 19.1. The quantitative estimate of drug-likeness (QED) is 0.894. The first-order valence-electron chi connectivity index (χ1n) is 6.64. The number of ether oxygens (including phenoxy) is 1. The molecule has 0 bridgehead atoms. The Hall–Kier alpha value is -1.16. The van der Waals surface area contributed by atoms with Gasteiger partial charge in [-0.3, -0.25) is 0 Å². The van der Waals surface area contributed by atoms with Crippen LogP contribution in [-0.2, 0) is 6.54 Å². The average Bonchev–Trinajstić information content (AvgIpc) is 2.36. The summed E-state index contributed by atoms with van der Waals surface area (Å²) in [6.45, 7) is 2.85. The molecule has 0 saturated heterocycles. The van der Waals surface area contributed by atoms with E-state index in [1.165, 1.54) is 25.1 Å². The molecule has 1 N–H and O–H groups in total. The molecule has 18 heavy (non-hydrogen) atoms. The molecule has 2 rings (SSSR count). The van der Waals surface area contributed by atoms with Crippen molar-refractivity contribution in [3.8, 4) is 5.88 Å². The molecule has 1 heterocycles. The van der Waals surface area contributed by atoms with Crippen molar-refractivity contribution in [1.29, 1.82) is 0 Å². The maximum absolute atomic E-state index is 13.2. The van der Waals surface area contributed by atoms with Gasteiger partial charge >= 0.3 is 0 Å². The molecule has 0 unspecified atom stereocenters. The SMILES string of the molecule is CNCc1cc(F)cnc1OC1CCC(C)CC1. The zero-order chi connectivity index (χ0) is 13.0. The van der Waals surface area contributed by atoms with E-state index in [4.69, 9.17) is 4.74 Å². The monoisotopic (exact) mass is 252 g/mol. The van der Waals surface area contributed by atoms with E-state index in [1.807, 2.05) is 7.05 Å². The third kappa shape index (κ3) is 3.42. The van der Waals surface area contributed by atoms with Crippen LogP contribution in [0.4, 0.5) is 4.39 Å². The van der Waals surface area contributed by atoms with Gasteiger partial charge in [-0.25, -0.2) is 9.37 Å². The predicted molar refractivity (Wildman–Crippen MR) is 69.0 cm³/mol. The van der Waals surface area contributed by atoms with E-state index in [0.717, 1.165) is 24.3 Å².